The summed E-state index contributed by atoms with van der Waals surface area (Å²) in [5.41, 5.74) is 12.6. The number of nitrogens with one attached hydrogen (secondary N) is 1. The predicted octanol–water partition coefficient (Wildman–Crippen LogP) is 3.25. The van der Waals surface area contributed by atoms with Crippen LogP contribution in [0.15, 0.2) is 72.8 Å². The maximum Gasteiger partial charge on any atom is 0.273 e. The Hall–Kier alpha value is -5.10. The number of methoxy groups -OCH3 is 2. The van der Waals surface area contributed by atoms with Gasteiger partial charge in [0.05, 0.1) is 19.9 Å². The van der Waals surface area contributed by atoms with Crippen LogP contribution in [0.4, 0.5) is 11.4 Å². The van der Waals surface area contributed by atoms with Gasteiger partial charge in [-0.2, -0.15) is 4.37 Å². The van der Waals surface area contributed by atoms with Crippen LogP contribution < -0.4 is 31.2 Å². The molecule has 11 nitrogen and oxygen atoms in total. The summed E-state index contributed by atoms with van der Waals surface area (Å²) < 4.78 is 14.7. The van der Waals surface area contributed by atoms with E-state index in [9.17, 15) is 19.5 Å². The second kappa shape index (κ2) is 12.2. The number of anilines is 2. The van der Waals surface area contributed by atoms with Crippen LogP contribution in [0.2, 0.25) is 0 Å². The Morgan fingerprint density at radius 1 is 1.00 bits per heavy atom. The number of phenolic OH excluding ortho intramolecular Hbond substituents is 1. The molecule has 0 unspecified atom stereocenters. The molecule has 0 saturated carbocycles. The van der Waals surface area contributed by atoms with Gasteiger partial charge in [0.2, 0.25) is 5.91 Å². The molecule has 6 N–H and O–H groups in total. The van der Waals surface area contributed by atoms with Gasteiger partial charge in [-0.3, -0.25) is 19.3 Å². The lowest BCUT2D eigenvalue weighted by Crippen LogP contribution is -2.44. The fourth-order valence-corrected chi connectivity index (χ4v) is 4.80. The van der Waals surface area contributed by atoms with Gasteiger partial charge in [-0.1, -0.05) is 42.5 Å². The topological polar surface area (TPSA) is 170 Å². The minimum atomic E-state index is -1.24. The van der Waals surface area contributed by atoms with Crippen molar-refractivity contribution in [3.05, 3.63) is 94.5 Å². The number of primary amides is 1. The van der Waals surface area contributed by atoms with E-state index in [1.165, 1.54) is 43.4 Å². The van der Waals surface area contributed by atoms with E-state index in [4.69, 9.17) is 20.9 Å². The van der Waals surface area contributed by atoms with Crippen LogP contribution >= 0.6 is 11.5 Å². The van der Waals surface area contributed by atoms with Crippen molar-refractivity contribution >= 4 is 40.6 Å². The Morgan fingerprint density at radius 2 is 1.68 bits per heavy atom. The van der Waals surface area contributed by atoms with Gasteiger partial charge in [0.25, 0.3) is 11.8 Å². The molecule has 3 amide bonds. The number of carbonyl (C=O) groups is 3. The first-order valence-corrected chi connectivity index (χ1v) is 12.7. The van der Waals surface area contributed by atoms with Crippen molar-refractivity contribution in [3.8, 4) is 17.2 Å². The third kappa shape index (κ3) is 5.81. The zero-order chi connectivity index (χ0) is 28.8. The second-order valence-corrected chi connectivity index (χ2v) is 9.32. The molecular formula is C28H27N5O6S. The first kappa shape index (κ1) is 27.9. The van der Waals surface area contributed by atoms with E-state index >= 15 is 0 Å². The molecule has 0 radical (unpaired) electrons. The highest BCUT2D eigenvalue weighted by Crippen LogP contribution is 2.38. The average molecular weight is 562 g/mol. The summed E-state index contributed by atoms with van der Waals surface area (Å²) in [6.07, 6.45) is 0. The molecule has 1 aromatic heterocycles. The molecule has 206 valence electrons. The number of nitrogen functional groups attached to an aromatic ring is 1. The zero-order valence-corrected chi connectivity index (χ0v) is 22.5. The number of phenols is 1. The van der Waals surface area contributed by atoms with Crippen LogP contribution in [0, 0.1) is 0 Å². The molecule has 0 aliphatic rings. The van der Waals surface area contributed by atoms with Crippen molar-refractivity contribution < 1.29 is 29.0 Å². The highest BCUT2D eigenvalue weighted by Gasteiger charge is 2.36. The standard InChI is InChI=1S/C28H27N5O6S/c1-38-20-13-10-18(14-21(20)39-2)33(28(37)25-22(29)23(26(30)35)32-40-25)24(17-8-11-19(34)12-9-17)27(36)31-15-16-6-4-3-5-7-16/h3-14,24,34H,15,29H2,1-2H3,(H2,30,35)(H,31,36)/t24-/m0/s1. The Kier molecular flexibility index (Phi) is 8.50. The molecule has 0 aliphatic carbocycles. The molecule has 0 spiro atoms. The van der Waals surface area contributed by atoms with Crippen molar-refractivity contribution in [1.29, 1.82) is 0 Å². The van der Waals surface area contributed by atoms with Crippen molar-refractivity contribution in [2.75, 3.05) is 24.9 Å². The Balaban J connectivity index is 1.87. The van der Waals surface area contributed by atoms with Crippen LogP contribution in [-0.4, -0.2) is 41.4 Å². The summed E-state index contributed by atoms with van der Waals surface area (Å²) in [5, 5.41) is 12.8. The molecule has 0 fully saturated rings. The van der Waals surface area contributed by atoms with Crippen molar-refractivity contribution in [3.63, 3.8) is 0 Å². The van der Waals surface area contributed by atoms with Crippen molar-refractivity contribution in [2.24, 2.45) is 5.73 Å². The van der Waals surface area contributed by atoms with E-state index in [0.29, 0.717) is 28.6 Å². The van der Waals surface area contributed by atoms with E-state index in [0.717, 1.165) is 5.56 Å². The summed E-state index contributed by atoms with van der Waals surface area (Å²) >= 11 is 0.696. The number of hydrogen-bond donors (Lipinski definition) is 4. The lowest BCUT2D eigenvalue weighted by Gasteiger charge is -2.31. The molecule has 0 aliphatic heterocycles. The molecule has 0 bridgehead atoms. The molecular weight excluding hydrogens is 534 g/mol. The van der Waals surface area contributed by atoms with Crippen LogP contribution in [0.3, 0.4) is 0 Å². The number of carbonyl (C=O) groups excluding carboxylic acids is 3. The molecule has 3 aromatic carbocycles. The number of hydrogen-bond acceptors (Lipinski definition) is 9. The van der Waals surface area contributed by atoms with E-state index < -0.39 is 23.8 Å². The minimum Gasteiger partial charge on any atom is -0.508 e. The molecule has 0 saturated heterocycles. The van der Waals surface area contributed by atoms with Gasteiger partial charge in [0, 0.05) is 18.3 Å². The normalized spacial score (nSPS) is 11.3. The van der Waals surface area contributed by atoms with E-state index in [-0.39, 0.29) is 34.2 Å². The number of aromatic nitrogens is 1. The number of amides is 3. The number of nitrogens with zero attached hydrogens (tertiary/aromatic N) is 2. The van der Waals surface area contributed by atoms with Gasteiger partial charge < -0.3 is 31.4 Å². The number of nitrogens with two attached hydrogens (primary N) is 2. The summed E-state index contributed by atoms with van der Waals surface area (Å²) in [7, 11) is 2.91. The first-order valence-electron chi connectivity index (χ1n) is 12.0. The fraction of sp³-hybridized carbons (Fsp3) is 0.143. The molecule has 4 aromatic rings. The Labute approximate surface area is 234 Å². The maximum atomic E-state index is 14.2. The second-order valence-electron chi connectivity index (χ2n) is 8.55. The van der Waals surface area contributed by atoms with E-state index in [1.54, 1.807) is 18.2 Å². The van der Waals surface area contributed by atoms with Crippen LogP contribution in [0.1, 0.15) is 37.3 Å². The highest BCUT2D eigenvalue weighted by atomic mass is 32.1. The summed E-state index contributed by atoms with van der Waals surface area (Å²) in [4.78, 5) is 41.0. The van der Waals surface area contributed by atoms with Gasteiger partial charge in [-0.15, -0.1) is 0 Å². The van der Waals surface area contributed by atoms with Gasteiger partial charge in [0.15, 0.2) is 17.2 Å². The Bertz CT molecular complexity index is 1520. The summed E-state index contributed by atoms with van der Waals surface area (Å²) in [5.74, 6) is -1.42. The fourth-order valence-electron chi connectivity index (χ4n) is 4.05. The quantitative estimate of drug-likeness (QED) is 0.229. The maximum absolute atomic E-state index is 14.2. The SMILES string of the molecule is COc1ccc(N(C(=O)c2snc(C(N)=O)c2N)[C@H](C(=O)NCc2ccccc2)c2ccc(O)cc2)cc1OC. The van der Waals surface area contributed by atoms with Gasteiger partial charge in [-0.05, 0) is 46.9 Å². The number of rotatable bonds is 10. The van der Waals surface area contributed by atoms with Crippen LogP contribution in [0.25, 0.3) is 0 Å². The molecule has 4 rings (SSSR count). The van der Waals surface area contributed by atoms with Crippen LogP contribution in [-0.2, 0) is 11.3 Å². The zero-order valence-electron chi connectivity index (χ0n) is 21.7. The third-order valence-electron chi connectivity index (χ3n) is 6.04. The summed E-state index contributed by atoms with van der Waals surface area (Å²) in [6, 6.07) is 18.7. The molecule has 12 heteroatoms. The minimum absolute atomic E-state index is 0.0195. The monoisotopic (exact) mass is 561 g/mol. The molecule has 1 atom stereocenters. The first-order chi connectivity index (χ1) is 19.2. The smallest absolute Gasteiger partial charge is 0.273 e. The van der Waals surface area contributed by atoms with Gasteiger partial charge in [-0.25, -0.2) is 0 Å². The van der Waals surface area contributed by atoms with Crippen molar-refractivity contribution in [2.45, 2.75) is 12.6 Å². The van der Waals surface area contributed by atoms with Crippen molar-refractivity contribution in [1.82, 2.24) is 9.69 Å². The third-order valence-corrected chi connectivity index (χ3v) is 6.90. The lowest BCUT2D eigenvalue weighted by molar-refractivity contribution is -0.122. The van der Waals surface area contributed by atoms with E-state index in [1.807, 2.05) is 30.3 Å². The van der Waals surface area contributed by atoms with E-state index in [2.05, 4.69) is 9.69 Å². The number of benzene rings is 3. The number of ether oxygens (including phenoxy) is 2. The van der Waals surface area contributed by atoms with Crippen LogP contribution in [0.5, 0.6) is 17.2 Å². The molecule has 40 heavy (non-hydrogen) atoms. The average Bonchev–Trinajstić information content (AvgIpc) is 3.36. The van der Waals surface area contributed by atoms with Gasteiger partial charge >= 0.3 is 0 Å². The Morgan fingerprint density at radius 3 is 2.27 bits per heavy atom. The number of aromatic hydroxyl groups is 1. The highest BCUT2D eigenvalue weighted by molar-refractivity contribution is 7.09. The largest absolute Gasteiger partial charge is 0.508 e. The van der Waals surface area contributed by atoms with Gasteiger partial charge in [0.1, 0.15) is 16.7 Å². The lowest BCUT2D eigenvalue weighted by atomic mass is 10.0. The molecule has 1 heterocycles. The summed E-state index contributed by atoms with van der Waals surface area (Å²) in [6.45, 7) is 0.191. The predicted molar refractivity (Wildman–Crippen MR) is 151 cm³/mol.